The van der Waals surface area contributed by atoms with E-state index in [4.69, 9.17) is 0 Å². The molecule has 0 unspecified atom stereocenters. The molecule has 0 spiro atoms. The van der Waals surface area contributed by atoms with Gasteiger partial charge >= 0.3 is 0 Å². The van der Waals surface area contributed by atoms with Crippen LogP contribution in [0.5, 0.6) is 0 Å². The first-order valence-corrected chi connectivity index (χ1v) is 7.39. The van der Waals surface area contributed by atoms with Gasteiger partial charge in [-0.1, -0.05) is 43.5 Å². The highest BCUT2D eigenvalue weighted by atomic mass is 14.2. The van der Waals surface area contributed by atoms with E-state index in [9.17, 15) is 0 Å². The molecule has 0 radical (unpaired) electrons. The fraction of sp³-hybridized carbons (Fsp3) is 0.238. The van der Waals surface area contributed by atoms with Crippen LogP contribution in [0.1, 0.15) is 38.9 Å². The van der Waals surface area contributed by atoms with Crippen LogP contribution in [0, 0.1) is 34.6 Å². The molecule has 0 aliphatic rings. The lowest BCUT2D eigenvalue weighted by Gasteiger charge is -2.21. The Balaban J connectivity index is 2.92. The average molecular weight is 276 g/mol. The Bertz CT molecular complexity index is 701. The molecule has 0 aliphatic carbocycles. The molecule has 0 aromatic heterocycles. The molecule has 21 heavy (non-hydrogen) atoms. The predicted molar refractivity (Wildman–Crippen MR) is 95.7 cm³/mol. The van der Waals surface area contributed by atoms with E-state index in [0.29, 0.717) is 0 Å². The molecule has 0 aliphatic heterocycles. The fourth-order valence-corrected chi connectivity index (χ4v) is 3.11. The summed E-state index contributed by atoms with van der Waals surface area (Å²) in [5, 5.41) is 0. The lowest BCUT2D eigenvalue weighted by Crippen LogP contribution is -2.01. The van der Waals surface area contributed by atoms with E-state index in [0.717, 1.165) is 5.56 Å². The SMILES string of the molecule is C=Cc1cccc(-c2c(C)c(C)c(C)c(C)c2C)c1C=C. The van der Waals surface area contributed by atoms with Crippen molar-refractivity contribution in [3.8, 4) is 11.1 Å². The van der Waals surface area contributed by atoms with Crippen molar-refractivity contribution in [1.29, 1.82) is 0 Å². The van der Waals surface area contributed by atoms with Gasteiger partial charge in [-0.05, 0) is 84.7 Å². The van der Waals surface area contributed by atoms with E-state index in [1.54, 1.807) is 0 Å². The Morgan fingerprint density at radius 1 is 0.714 bits per heavy atom. The molecule has 0 heteroatoms. The van der Waals surface area contributed by atoms with Crippen molar-refractivity contribution in [3.05, 3.63) is 70.3 Å². The summed E-state index contributed by atoms with van der Waals surface area (Å²) < 4.78 is 0. The van der Waals surface area contributed by atoms with Crippen molar-refractivity contribution in [1.82, 2.24) is 0 Å². The molecule has 2 rings (SSSR count). The van der Waals surface area contributed by atoms with Crippen molar-refractivity contribution >= 4 is 12.2 Å². The van der Waals surface area contributed by atoms with E-state index < -0.39 is 0 Å². The minimum Gasteiger partial charge on any atom is -0.0984 e. The molecule has 108 valence electrons. The molecular weight excluding hydrogens is 252 g/mol. The Labute approximate surface area is 128 Å². The van der Waals surface area contributed by atoms with Crippen molar-refractivity contribution in [2.24, 2.45) is 0 Å². The van der Waals surface area contributed by atoms with E-state index in [1.165, 1.54) is 44.5 Å². The molecule has 2 aromatic carbocycles. The van der Waals surface area contributed by atoms with Gasteiger partial charge in [-0.15, -0.1) is 0 Å². The summed E-state index contributed by atoms with van der Waals surface area (Å²) in [6, 6.07) is 6.38. The zero-order valence-electron chi connectivity index (χ0n) is 13.8. The fourth-order valence-electron chi connectivity index (χ4n) is 3.11. The second-order valence-electron chi connectivity index (χ2n) is 5.72. The Kier molecular flexibility index (Phi) is 4.18. The minimum atomic E-state index is 1.14. The Hall–Kier alpha value is -2.08. The van der Waals surface area contributed by atoms with Crippen molar-refractivity contribution in [2.75, 3.05) is 0 Å². The van der Waals surface area contributed by atoms with Gasteiger partial charge in [0.1, 0.15) is 0 Å². The molecule has 0 N–H and O–H groups in total. The van der Waals surface area contributed by atoms with Crippen molar-refractivity contribution < 1.29 is 0 Å². The van der Waals surface area contributed by atoms with Crippen LogP contribution in [0.25, 0.3) is 23.3 Å². The third-order valence-electron chi connectivity index (χ3n) is 4.83. The van der Waals surface area contributed by atoms with Gasteiger partial charge in [-0.25, -0.2) is 0 Å². The highest BCUT2D eigenvalue weighted by molar-refractivity contribution is 5.84. The summed E-state index contributed by atoms with van der Waals surface area (Å²) in [5.41, 5.74) is 11.8. The molecule has 2 aromatic rings. The van der Waals surface area contributed by atoms with Gasteiger partial charge in [0, 0.05) is 0 Å². The van der Waals surface area contributed by atoms with Crippen molar-refractivity contribution in [3.63, 3.8) is 0 Å². The maximum atomic E-state index is 4.00. The number of rotatable bonds is 3. The monoisotopic (exact) mass is 276 g/mol. The smallest absolute Gasteiger partial charge is 0.0100 e. The second-order valence-corrected chi connectivity index (χ2v) is 5.72. The summed E-state index contributed by atoms with van der Waals surface area (Å²) in [6.45, 7) is 19.0. The zero-order chi connectivity index (χ0) is 15.7. The third kappa shape index (κ3) is 2.35. The molecule has 0 heterocycles. The largest absolute Gasteiger partial charge is 0.0984 e. The van der Waals surface area contributed by atoms with Gasteiger partial charge in [0.05, 0.1) is 0 Å². The van der Waals surface area contributed by atoms with E-state index in [-0.39, 0.29) is 0 Å². The van der Waals surface area contributed by atoms with E-state index >= 15 is 0 Å². The van der Waals surface area contributed by atoms with Gasteiger partial charge in [0.2, 0.25) is 0 Å². The normalized spacial score (nSPS) is 10.5. The molecule has 0 bridgehead atoms. The molecule has 0 amide bonds. The lowest BCUT2D eigenvalue weighted by atomic mass is 9.84. The van der Waals surface area contributed by atoms with Crippen LogP contribution >= 0.6 is 0 Å². The highest BCUT2D eigenvalue weighted by Gasteiger charge is 2.16. The van der Waals surface area contributed by atoms with Crippen LogP contribution in [-0.2, 0) is 0 Å². The number of hydrogen-bond donors (Lipinski definition) is 0. The van der Waals surface area contributed by atoms with Gasteiger partial charge in [0.25, 0.3) is 0 Å². The standard InChI is InChI=1S/C21H24/c1-8-18-11-10-12-20(19(18)9-2)21-16(6)14(4)13(3)15(5)17(21)7/h8-12H,1-2H2,3-7H3. The molecule has 0 saturated carbocycles. The van der Waals surface area contributed by atoms with Crippen LogP contribution in [0.2, 0.25) is 0 Å². The topological polar surface area (TPSA) is 0 Å². The average Bonchev–Trinajstić information content (AvgIpc) is 2.50. The minimum absolute atomic E-state index is 1.14. The zero-order valence-corrected chi connectivity index (χ0v) is 13.8. The van der Waals surface area contributed by atoms with Crippen LogP contribution in [-0.4, -0.2) is 0 Å². The summed E-state index contributed by atoms with van der Waals surface area (Å²) >= 11 is 0. The molecule has 0 nitrogen and oxygen atoms in total. The summed E-state index contributed by atoms with van der Waals surface area (Å²) in [6.07, 6.45) is 3.84. The molecule has 0 atom stereocenters. The highest BCUT2D eigenvalue weighted by Crippen LogP contribution is 2.37. The third-order valence-corrected chi connectivity index (χ3v) is 4.83. The van der Waals surface area contributed by atoms with Crippen LogP contribution in [0.3, 0.4) is 0 Å². The number of benzene rings is 2. The maximum absolute atomic E-state index is 4.00. The Morgan fingerprint density at radius 2 is 1.24 bits per heavy atom. The predicted octanol–water partition coefficient (Wildman–Crippen LogP) is 6.18. The first kappa shape index (κ1) is 15.3. The molecule has 0 fully saturated rings. The van der Waals surface area contributed by atoms with Gasteiger partial charge in [-0.3, -0.25) is 0 Å². The van der Waals surface area contributed by atoms with Gasteiger partial charge in [0.15, 0.2) is 0 Å². The molecule has 0 saturated heterocycles. The maximum Gasteiger partial charge on any atom is -0.0100 e. The van der Waals surface area contributed by atoms with Gasteiger partial charge in [-0.2, -0.15) is 0 Å². The summed E-state index contributed by atoms with van der Waals surface area (Å²) in [5.74, 6) is 0. The van der Waals surface area contributed by atoms with Crippen LogP contribution < -0.4 is 0 Å². The van der Waals surface area contributed by atoms with Crippen LogP contribution in [0.4, 0.5) is 0 Å². The number of hydrogen-bond acceptors (Lipinski definition) is 0. The van der Waals surface area contributed by atoms with E-state index in [2.05, 4.69) is 66.0 Å². The van der Waals surface area contributed by atoms with E-state index in [1.807, 2.05) is 12.2 Å². The molecular formula is C21H24. The Morgan fingerprint density at radius 3 is 1.71 bits per heavy atom. The van der Waals surface area contributed by atoms with Gasteiger partial charge < -0.3 is 0 Å². The first-order chi connectivity index (χ1) is 9.93. The van der Waals surface area contributed by atoms with Crippen LogP contribution in [0.15, 0.2) is 31.4 Å². The quantitative estimate of drug-likeness (QED) is 0.627. The first-order valence-electron chi connectivity index (χ1n) is 7.39. The lowest BCUT2D eigenvalue weighted by molar-refractivity contribution is 1.18. The summed E-state index contributed by atoms with van der Waals surface area (Å²) in [4.78, 5) is 0. The second kappa shape index (κ2) is 5.73. The van der Waals surface area contributed by atoms with Crippen molar-refractivity contribution in [2.45, 2.75) is 34.6 Å². The summed E-state index contributed by atoms with van der Waals surface area (Å²) in [7, 11) is 0.